The fourth-order valence-electron chi connectivity index (χ4n) is 1.99. The highest BCUT2D eigenvalue weighted by Gasteiger charge is 2.30. The molecular weight excluding hydrogens is 245 g/mol. The third-order valence-electron chi connectivity index (χ3n) is 2.78. The van der Waals surface area contributed by atoms with Crippen LogP contribution < -0.4 is 10.2 Å². The van der Waals surface area contributed by atoms with Crippen LogP contribution in [0.25, 0.3) is 0 Å². The molecule has 1 saturated heterocycles. The molecule has 92 valence electrons. The molecule has 1 amide bonds. The van der Waals surface area contributed by atoms with Gasteiger partial charge < -0.3 is 10.2 Å². The molecule has 6 heteroatoms. The highest BCUT2D eigenvalue weighted by atomic mass is 35.5. The molecular formula is C11H13ClFN3O. The summed E-state index contributed by atoms with van der Waals surface area (Å²) in [5.41, 5.74) is 0. The molecule has 1 aromatic heterocycles. The molecule has 1 atom stereocenters. The molecule has 0 saturated carbocycles. The maximum Gasteiger partial charge on any atom is 0.242 e. The van der Waals surface area contributed by atoms with Gasteiger partial charge in [-0.1, -0.05) is 18.5 Å². The Morgan fingerprint density at radius 2 is 2.47 bits per heavy atom. The highest BCUT2D eigenvalue weighted by Crippen LogP contribution is 2.23. The molecule has 0 radical (unpaired) electrons. The standard InChI is InChI=1S/C11H13ClFN3O/c1-2-9-11(17)14-3-4-16(9)10-8(13)5-7(12)6-15-10/h5-6,9H,2-4H2,1H3,(H,14,17). The predicted molar refractivity (Wildman–Crippen MR) is 63.6 cm³/mol. The summed E-state index contributed by atoms with van der Waals surface area (Å²) in [7, 11) is 0. The van der Waals surface area contributed by atoms with Gasteiger partial charge >= 0.3 is 0 Å². The van der Waals surface area contributed by atoms with E-state index in [-0.39, 0.29) is 22.8 Å². The van der Waals surface area contributed by atoms with Gasteiger partial charge in [0, 0.05) is 19.3 Å². The first kappa shape index (κ1) is 12.1. The molecule has 0 aliphatic carbocycles. The van der Waals surface area contributed by atoms with E-state index in [1.807, 2.05) is 6.92 Å². The van der Waals surface area contributed by atoms with Crippen molar-refractivity contribution >= 4 is 23.3 Å². The van der Waals surface area contributed by atoms with Crippen LogP contribution in [-0.4, -0.2) is 30.0 Å². The van der Waals surface area contributed by atoms with Crippen molar-refractivity contribution in [3.8, 4) is 0 Å². The van der Waals surface area contributed by atoms with E-state index < -0.39 is 5.82 Å². The largest absolute Gasteiger partial charge is 0.353 e. The summed E-state index contributed by atoms with van der Waals surface area (Å²) in [6.07, 6.45) is 1.99. The van der Waals surface area contributed by atoms with Crippen LogP contribution in [0.1, 0.15) is 13.3 Å². The molecule has 1 N–H and O–H groups in total. The van der Waals surface area contributed by atoms with Gasteiger partial charge in [0.15, 0.2) is 11.6 Å². The second-order valence-electron chi connectivity index (χ2n) is 3.87. The Morgan fingerprint density at radius 3 is 3.12 bits per heavy atom. The number of piperazine rings is 1. The van der Waals surface area contributed by atoms with Gasteiger partial charge in [-0.05, 0) is 12.5 Å². The summed E-state index contributed by atoms with van der Waals surface area (Å²) in [6, 6.07) is 0.843. The normalized spacial score (nSPS) is 20.3. The average molecular weight is 258 g/mol. The van der Waals surface area contributed by atoms with E-state index >= 15 is 0 Å². The summed E-state index contributed by atoms with van der Waals surface area (Å²) < 4.78 is 13.8. The van der Waals surface area contributed by atoms with Gasteiger partial charge in [0.2, 0.25) is 5.91 Å². The number of amides is 1. The van der Waals surface area contributed by atoms with Gasteiger partial charge in [-0.25, -0.2) is 9.37 Å². The number of rotatable bonds is 2. The summed E-state index contributed by atoms with van der Waals surface area (Å²) in [5, 5.41) is 3.01. The fraction of sp³-hybridized carbons (Fsp3) is 0.455. The van der Waals surface area contributed by atoms with Gasteiger partial charge in [0.25, 0.3) is 0 Å². The lowest BCUT2D eigenvalue weighted by molar-refractivity contribution is -0.123. The van der Waals surface area contributed by atoms with Crippen molar-refractivity contribution in [3.63, 3.8) is 0 Å². The first-order valence-corrected chi connectivity index (χ1v) is 5.86. The van der Waals surface area contributed by atoms with E-state index in [0.29, 0.717) is 19.5 Å². The lowest BCUT2D eigenvalue weighted by Crippen LogP contribution is -2.55. The number of halogens is 2. The minimum atomic E-state index is -0.495. The summed E-state index contributed by atoms with van der Waals surface area (Å²) in [4.78, 5) is 17.3. The second kappa shape index (κ2) is 4.87. The Hall–Kier alpha value is -1.36. The van der Waals surface area contributed by atoms with Gasteiger partial charge in [0.1, 0.15) is 6.04 Å². The highest BCUT2D eigenvalue weighted by molar-refractivity contribution is 6.30. The lowest BCUT2D eigenvalue weighted by Gasteiger charge is -2.35. The Labute approximate surface area is 104 Å². The number of nitrogens with one attached hydrogen (secondary N) is 1. The second-order valence-corrected chi connectivity index (χ2v) is 4.30. The molecule has 2 rings (SSSR count). The zero-order valence-electron chi connectivity index (χ0n) is 9.41. The van der Waals surface area contributed by atoms with Gasteiger partial charge in [0.05, 0.1) is 5.02 Å². The topological polar surface area (TPSA) is 45.2 Å². The molecule has 17 heavy (non-hydrogen) atoms. The maximum atomic E-state index is 13.8. The van der Waals surface area contributed by atoms with E-state index in [1.54, 1.807) is 4.90 Å². The first-order valence-electron chi connectivity index (χ1n) is 5.49. The minimum Gasteiger partial charge on any atom is -0.353 e. The Bertz CT molecular complexity index is 441. The molecule has 1 aromatic rings. The molecule has 0 aromatic carbocycles. The van der Waals surface area contributed by atoms with Crippen LogP contribution in [0.4, 0.5) is 10.2 Å². The zero-order valence-corrected chi connectivity index (χ0v) is 10.2. The van der Waals surface area contributed by atoms with E-state index in [9.17, 15) is 9.18 Å². The van der Waals surface area contributed by atoms with E-state index in [4.69, 9.17) is 11.6 Å². The number of anilines is 1. The molecule has 0 spiro atoms. The van der Waals surface area contributed by atoms with Crippen LogP contribution in [0, 0.1) is 5.82 Å². The SMILES string of the molecule is CCC1C(=O)NCCN1c1ncc(Cl)cc1F. The zero-order chi connectivity index (χ0) is 12.4. The lowest BCUT2D eigenvalue weighted by atomic mass is 10.1. The maximum absolute atomic E-state index is 13.8. The predicted octanol–water partition coefficient (Wildman–Crippen LogP) is 1.59. The molecule has 0 bridgehead atoms. The van der Waals surface area contributed by atoms with Gasteiger partial charge in [-0.3, -0.25) is 4.79 Å². The Balaban J connectivity index is 2.33. The number of hydrogen-bond acceptors (Lipinski definition) is 3. The first-order chi connectivity index (χ1) is 8.13. The third kappa shape index (κ3) is 2.34. The molecule has 1 aliphatic heterocycles. The monoisotopic (exact) mass is 257 g/mol. The number of carbonyl (C=O) groups excluding carboxylic acids is 1. The van der Waals surface area contributed by atoms with Crippen LogP contribution in [0.5, 0.6) is 0 Å². The Kier molecular flexibility index (Phi) is 3.47. The molecule has 2 heterocycles. The smallest absolute Gasteiger partial charge is 0.242 e. The number of hydrogen-bond donors (Lipinski definition) is 1. The van der Waals surface area contributed by atoms with Crippen LogP contribution in [0.2, 0.25) is 5.02 Å². The summed E-state index contributed by atoms with van der Waals surface area (Å²) >= 11 is 5.65. The van der Waals surface area contributed by atoms with Crippen molar-refractivity contribution < 1.29 is 9.18 Å². The summed E-state index contributed by atoms with van der Waals surface area (Å²) in [5.74, 6) is -0.392. The van der Waals surface area contributed by atoms with Crippen LogP contribution in [0.15, 0.2) is 12.3 Å². The third-order valence-corrected chi connectivity index (χ3v) is 2.98. The van der Waals surface area contributed by atoms with Crippen molar-refractivity contribution in [2.75, 3.05) is 18.0 Å². The molecule has 1 fully saturated rings. The van der Waals surface area contributed by atoms with Crippen molar-refractivity contribution in [3.05, 3.63) is 23.1 Å². The quantitative estimate of drug-likeness (QED) is 0.875. The average Bonchev–Trinajstić information content (AvgIpc) is 2.29. The van der Waals surface area contributed by atoms with Crippen LogP contribution in [0.3, 0.4) is 0 Å². The number of carbonyl (C=O) groups is 1. The van der Waals surface area contributed by atoms with Crippen molar-refractivity contribution in [1.82, 2.24) is 10.3 Å². The fourth-order valence-corrected chi connectivity index (χ4v) is 2.14. The van der Waals surface area contributed by atoms with Crippen molar-refractivity contribution in [2.45, 2.75) is 19.4 Å². The van der Waals surface area contributed by atoms with E-state index in [2.05, 4.69) is 10.3 Å². The van der Waals surface area contributed by atoms with E-state index in [0.717, 1.165) is 0 Å². The van der Waals surface area contributed by atoms with E-state index in [1.165, 1.54) is 12.3 Å². The van der Waals surface area contributed by atoms with Crippen LogP contribution in [-0.2, 0) is 4.79 Å². The minimum absolute atomic E-state index is 0.0881. The molecule has 4 nitrogen and oxygen atoms in total. The van der Waals surface area contributed by atoms with Crippen molar-refractivity contribution in [2.24, 2.45) is 0 Å². The Morgan fingerprint density at radius 1 is 1.71 bits per heavy atom. The number of pyridine rings is 1. The molecule has 1 aliphatic rings. The van der Waals surface area contributed by atoms with Gasteiger partial charge in [-0.2, -0.15) is 0 Å². The van der Waals surface area contributed by atoms with Crippen molar-refractivity contribution in [1.29, 1.82) is 0 Å². The summed E-state index contributed by atoms with van der Waals surface area (Å²) in [6.45, 7) is 2.94. The van der Waals surface area contributed by atoms with Gasteiger partial charge in [-0.15, -0.1) is 0 Å². The number of nitrogens with zero attached hydrogens (tertiary/aromatic N) is 2. The molecule has 1 unspecified atom stereocenters. The number of aromatic nitrogens is 1. The van der Waals surface area contributed by atoms with Crippen LogP contribution >= 0.6 is 11.6 Å².